The highest BCUT2D eigenvalue weighted by molar-refractivity contribution is 5.99. The van der Waals surface area contributed by atoms with Crippen molar-refractivity contribution in [2.45, 2.75) is 19.4 Å². The number of pyridine rings is 1. The zero-order chi connectivity index (χ0) is 19.7. The van der Waals surface area contributed by atoms with Crippen molar-refractivity contribution in [3.05, 3.63) is 59.4 Å². The Morgan fingerprint density at radius 2 is 2.14 bits per heavy atom. The summed E-state index contributed by atoms with van der Waals surface area (Å²) in [5, 5.41) is 13.2. The number of hydrogen-bond acceptors (Lipinski definition) is 4. The molecule has 3 amide bonds. The average molecular weight is 380 g/mol. The number of urea groups is 1. The molecule has 7 heteroatoms. The van der Waals surface area contributed by atoms with Crippen molar-refractivity contribution in [3.8, 4) is 0 Å². The van der Waals surface area contributed by atoms with Crippen LogP contribution in [0.15, 0.2) is 42.6 Å². The van der Waals surface area contributed by atoms with Crippen LogP contribution in [0, 0.1) is 12.8 Å². The molecule has 0 radical (unpaired) electrons. The van der Waals surface area contributed by atoms with Crippen LogP contribution < -0.4 is 10.2 Å². The molecule has 4 rings (SSSR count). The molecule has 7 nitrogen and oxygen atoms in total. The first-order chi connectivity index (χ1) is 13.5. The van der Waals surface area contributed by atoms with Crippen molar-refractivity contribution < 1.29 is 14.7 Å². The highest BCUT2D eigenvalue weighted by Gasteiger charge is 2.35. The smallest absolute Gasteiger partial charge is 0.322 e. The number of carbonyl (C=O) groups excluding carboxylic acids is 2. The molecule has 2 fully saturated rings. The SMILES string of the molecule is Cc1ccc(C(=O)N2C[C@@H](Cc3ccccn3)[C@H](O)C2)cc1N1CCNC1=O. The minimum Gasteiger partial charge on any atom is -0.391 e. The maximum Gasteiger partial charge on any atom is 0.322 e. The molecule has 2 aliphatic heterocycles. The second-order valence-electron chi connectivity index (χ2n) is 7.45. The van der Waals surface area contributed by atoms with Gasteiger partial charge >= 0.3 is 6.03 Å². The van der Waals surface area contributed by atoms with Gasteiger partial charge in [0.1, 0.15) is 0 Å². The number of anilines is 1. The number of likely N-dealkylation sites (tertiary alicyclic amines) is 1. The topological polar surface area (TPSA) is 85.8 Å². The molecule has 146 valence electrons. The van der Waals surface area contributed by atoms with E-state index in [2.05, 4.69) is 10.3 Å². The summed E-state index contributed by atoms with van der Waals surface area (Å²) in [5.41, 5.74) is 3.15. The van der Waals surface area contributed by atoms with Crippen LogP contribution in [0.1, 0.15) is 21.6 Å². The molecule has 3 heterocycles. The number of β-amino-alcohol motifs (C(OH)–C–C–N with tert-alkyl or cyclic N) is 1. The Bertz CT molecular complexity index is 886. The molecule has 0 spiro atoms. The predicted octanol–water partition coefficient (Wildman–Crippen LogP) is 1.60. The van der Waals surface area contributed by atoms with Gasteiger partial charge in [-0.15, -0.1) is 0 Å². The lowest BCUT2D eigenvalue weighted by Gasteiger charge is -2.20. The van der Waals surface area contributed by atoms with E-state index < -0.39 is 6.10 Å². The van der Waals surface area contributed by atoms with Crippen LogP contribution in [0.25, 0.3) is 0 Å². The number of hydrogen-bond donors (Lipinski definition) is 2. The number of nitrogens with one attached hydrogen (secondary N) is 1. The van der Waals surface area contributed by atoms with E-state index in [4.69, 9.17) is 0 Å². The summed E-state index contributed by atoms with van der Waals surface area (Å²) in [6, 6.07) is 11.0. The molecule has 1 aromatic heterocycles. The normalized spacial score (nSPS) is 21.9. The van der Waals surface area contributed by atoms with Crippen molar-refractivity contribution >= 4 is 17.6 Å². The predicted molar refractivity (Wildman–Crippen MR) is 105 cm³/mol. The molecule has 28 heavy (non-hydrogen) atoms. The fourth-order valence-corrected chi connectivity index (χ4v) is 3.93. The van der Waals surface area contributed by atoms with Crippen LogP contribution in [0.5, 0.6) is 0 Å². The summed E-state index contributed by atoms with van der Waals surface area (Å²) in [4.78, 5) is 32.7. The van der Waals surface area contributed by atoms with Crippen molar-refractivity contribution in [1.82, 2.24) is 15.2 Å². The van der Waals surface area contributed by atoms with Gasteiger partial charge in [0.05, 0.1) is 6.10 Å². The number of benzene rings is 1. The van der Waals surface area contributed by atoms with Gasteiger partial charge in [-0.25, -0.2) is 4.79 Å². The number of aliphatic hydroxyl groups excluding tert-OH is 1. The summed E-state index contributed by atoms with van der Waals surface area (Å²) in [6.07, 6.45) is 1.81. The Morgan fingerprint density at radius 1 is 1.29 bits per heavy atom. The van der Waals surface area contributed by atoms with E-state index in [0.717, 1.165) is 16.9 Å². The Balaban J connectivity index is 1.49. The summed E-state index contributed by atoms with van der Waals surface area (Å²) < 4.78 is 0. The number of rotatable bonds is 4. The molecule has 0 aliphatic carbocycles. The van der Waals surface area contributed by atoms with Crippen molar-refractivity contribution in [3.63, 3.8) is 0 Å². The first-order valence-corrected chi connectivity index (χ1v) is 9.56. The Labute approximate surface area is 164 Å². The molecule has 2 saturated heterocycles. The highest BCUT2D eigenvalue weighted by atomic mass is 16.3. The number of carbonyl (C=O) groups is 2. The molecule has 2 atom stereocenters. The average Bonchev–Trinajstić information content (AvgIpc) is 3.28. The quantitative estimate of drug-likeness (QED) is 0.844. The van der Waals surface area contributed by atoms with Crippen LogP contribution in [0.3, 0.4) is 0 Å². The van der Waals surface area contributed by atoms with Gasteiger partial charge in [-0.1, -0.05) is 12.1 Å². The number of aryl methyl sites for hydroxylation is 1. The third-order valence-electron chi connectivity index (χ3n) is 5.49. The van der Waals surface area contributed by atoms with E-state index in [1.165, 1.54) is 0 Å². The number of aromatic nitrogens is 1. The van der Waals surface area contributed by atoms with Crippen LogP contribution >= 0.6 is 0 Å². The van der Waals surface area contributed by atoms with Crippen molar-refractivity contribution in [2.24, 2.45) is 5.92 Å². The summed E-state index contributed by atoms with van der Waals surface area (Å²) in [5.74, 6) is -0.156. The minimum absolute atomic E-state index is 0.0341. The maximum atomic E-state index is 13.0. The van der Waals surface area contributed by atoms with E-state index >= 15 is 0 Å². The van der Waals surface area contributed by atoms with Gasteiger partial charge in [0.2, 0.25) is 0 Å². The van der Waals surface area contributed by atoms with E-state index in [9.17, 15) is 14.7 Å². The van der Waals surface area contributed by atoms with Crippen LogP contribution in [-0.2, 0) is 6.42 Å². The second kappa shape index (κ2) is 7.59. The number of aliphatic hydroxyl groups is 1. The largest absolute Gasteiger partial charge is 0.391 e. The molecular weight excluding hydrogens is 356 g/mol. The lowest BCUT2D eigenvalue weighted by molar-refractivity contribution is 0.0764. The van der Waals surface area contributed by atoms with Gasteiger partial charge < -0.3 is 15.3 Å². The molecule has 2 aliphatic rings. The van der Waals surface area contributed by atoms with Crippen LogP contribution in [0.4, 0.5) is 10.5 Å². The van der Waals surface area contributed by atoms with E-state index in [0.29, 0.717) is 38.2 Å². The van der Waals surface area contributed by atoms with E-state index in [-0.39, 0.29) is 17.9 Å². The molecule has 0 unspecified atom stereocenters. The lowest BCUT2D eigenvalue weighted by Crippen LogP contribution is -2.31. The second-order valence-corrected chi connectivity index (χ2v) is 7.45. The van der Waals surface area contributed by atoms with Crippen LogP contribution in [0.2, 0.25) is 0 Å². The Kier molecular flexibility index (Phi) is 5.00. The van der Waals surface area contributed by atoms with Gasteiger partial charge in [0, 0.05) is 55.2 Å². The molecule has 1 aromatic carbocycles. The van der Waals surface area contributed by atoms with Crippen molar-refractivity contribution in [2.75, 3.05) is 31.1 Å². The third-order valence-corrected chi connectivity index (χ3v) is 5.49. The first kappa shape index (κ1) is 18.4. The number of nitrogens with zero attached hydrogens (tertiary/aromatic N) is 3. The van der Waals surface area contributed by atoms with Gasteiger partial charge in [-0.05, 0) is 43.2 Å². The fraction of sp³-hybridized carbons (Fsp3) is 0.381. The van der Waals surface area contributed by atoms with Crippen molar-refractivity contribution in [1.29, 1.82) is 0 Å². The maximum absolute atomic E-state index is 13.0. The monoisotopic (exact) mass is 380 g/mol. The van der Waals surface area contributed by atoms with Gasteiger partial charge in [-0.3, -0.25) is 14.7 Å². The van der Waals surface area contributed by atoms with Gasteiger partial charge in [0.25, 0.3) is 5.91 Å². The summed E-state index contributed by atoms with van der Waals surface area (Å²) in [7, 11) is 0. The van der Waals surface area contributed by atoms with Crippen LogP contribution in [-0.4, -0.2) is 59.2 Å². The minimum atomic E-state index is -0.569. The molecular formula is C21H24N4O3. The third kappa shape index (κ3) is 3.57. The molecule has 2 aromatic rings. The molecule has 0 saturated carbocycles. The highest BCUT2D eigenvalue weighted by Crippen LogP contribution is 2.26. The standard InChI is InChI=1S/C21H24N4O3/c1-14-5-6-15(11-18(14)25-9-8-23-21(25)28)20(27)24-12-16(19(26)13-24)10-17-4-2-3-7-22-17/h2-7,11,16,19,26H,8-10,12-13H2,1H3,(H,23,28)/t16-,19-/m1/s1. The zero-order valence-corrected chi connectivity index (χ0v) is 15.8. The molecule has 2 N–H and O–H groups in total. The van der Waals surface area contributed by atoms with Gasteiger partial charge in [0.15, 0.2) is 0 Å². The Morgan fingerprint density at radius 3 is 2.86 bits per heavy atom. The summed E-state index contributed by atoms with van der Waals surface area (Å²) in [6.45, 7) is 3.92. The lowest BCUT2D eigenvalue weighted by atomic mass is 10.00. The van der Waals surface area contributed by atoms with E-state index in [1.807, 2.05) is 31.2 Å². The van der Waals surface area contributed by atoms with E-state index in [1.54, 1.807) is 28.1 Å². The summed E-state index contributed by atoms with van der Waals surface area (Å²) >= 11 is 0. The molecule has 0 bridgehead atoms. The van der Waals surface area contributed by atoms with Gasteiger partial charge in [-0.2, -0.15) is 0 Å². The Hall–Kier alpha value is -2.93. The fourth-order valence-electron chi connectivity index (χ4n) is 3.93. The number of amides is 3. The zero-order valence-electron chi connectivity index (χ0n) is 15.8. The first-order valence-electron chi connectivity index (χ1n) is 9.56.